The normalized spacial score (nSPS) is 25.0. The average molecular weight is 402 g/mol. The zero-order valence-electron chi connectivity index (χ0n) is 15.9. The van der Waals surface area contributed by atoms with Crippen LogP contribution in [0.3, 0.4) is 0 Å². The van der Waals surface area contributed by atoms with Gasteiger partial charge in [-0.05, 0) is 68.1 Å². The van der Waals surface area contributed by atoms with E-state index in [2.05, 4.69) is 0 Å². The van der Waals surface area contributed by atoms with Crippen molar-refractivity contribution in [2.45, 2.75) is 50.7 Å². The number of halogens is 2. The molecule has 0 aliphatic carbocycles. The number of anilines is 1. The average Bonchev–Trinajstić information content (AvgIpc) is 2.82. The molecule has 146 valence electrons. The first kappa shape index (κ1) is 19.1. The first-order valence-corrected chi connectivity index (χ1v) is 9.62. The molecule has 28 heavy (non-hydrogen) atoms. The van der Waals surface area contributed by atoms with E-state index in [1.54, 1.807) is 29.2 Å². The predicted octanol–water partition coefficient (Wildman–Crippen LogP) is 4.57. The van der Waals surface area contributed by atoms with Crippen molar-refractivity contribution in [1.82, 2.24) is 0 Å². The molecule has 0 saturated carbocycles. The summed E-state index contributed by atoms with van der Waals surface area (Å²) in [6.45, 7) is 5.82. The molecule has 4 nitrogen and oxygen atoms in total. The van der Waals surface area contributed by atoms with Crippen LogP contribution in [0.5, 0.6) is 0 Å². The maximum Gasteiger partial charge on any atom is 0.264 e. The lowest BCUT2D eigenvalue weighted by atomic mass is 9.80. The highest BCUT2D eigenvalue weighted by Crippen LogP contribution is 2.54. The zero-order valence-corrected chi connectivity index (χ0v) is 16.7. The van der Waals surface area contributed by atoms with Crippen LogP contribution in [0, 0.1) is 5.82 Å². The van der Waals surface area contributed by atoms with E-state index in [-0.39, 0.29) is 11.5 Å². The minimum Gasteiger partial charge on any atom is -0.375 e. The fourth-order valence-electron chi connectivity index (χ4n) is 4.63. The van der Waals surface area contributed by atoms with Gasteiger partial charge in [-0.25, -0.2) is 4.39 Å². The summed E-state index contributed by atoms with van der Waals surface area (Å²) in [6, 6.07) is 8.85. The second-order valence-electron chi connectivity index (χ2n) is 8.42. The van der Waals surface area contributed by atoms with Crippen molar-refractivity contribution in [3.05, 3.63) is 63.9 Å². The van der Waals surface area contributed by atoms with Gasteiger partial charge in [0, 0.05) is 21.7 Å². The molecule has 6 heteroatoms. The Kier molecular flexibility index (Phi) is 4.18. The molecule has 0 radical (unpaired) electrons. The van der Waals surface area contributed by atoms with E-state index in [4.69, 9.17) is 11.6 Å². The summed E-state index contributed by atoms with van der Waals surface area (Å²) in [7, 11) is 0. The highest BCUT2D eigenvalue weighted by atomic mass is 35.5. The zero-order chi connectivity index (χ0) is 20.4. The number of nitrogens with zero attached hydrogens (tertiary/aromatic N) is 1. The standard InChI is InChI=1S/C22H21ClFNO3/c1-12-10-21(2,3)25-19-16(12)8-15(24)9-17(19)22(28,20(25)27)11-18(26)13-4-6-14(23)7-5-13/h4-9,12,28H,10-11H2,1-3H3. The third-order valence-electron chi connectivity index (χ3n) is 5.85. The van der Waals surface area contributed by atoms with Crippen molar-refractivity contribution >= 4 is 29.0 Å². The van der Waals surface area contributed by atoms with Crippen molar-refractivity contribution in [3.63, 3.8) is 0 Å². The summed E-state index contributed by atoms with van der Waals surface area (Å²) >= 11 is 5.87. The summed E-state index contributed by atoms with van der Waals surface area (Å²) in [5, 5.41) is 11.9. The lowest BCUT2D eigenvalue weighted by Crippen LogP contribution is -2.53. The van der Waals surface area contributed by atoms with E-state index >= 15 is 0 Å². The molecule has 0 saturated heterocycles. The number of aliphatic hydroxyl groups is 1. The Hall–Kier alpha value is -2.24. The van der Waals surface area contributed by atoms with Crippen molar-refractivity contribution in [2.24, 2.45) is 0 Å². The van der Waals surface area contributed by atoms with Gasteiger partial charge in [0.1, 0.15) is 5.82 Å². The van der Waals surface area contributed by atoms with E-state index in [9.17, 15) is 19.1 Å². The SMILES string of the molecule is CC1CC(C)(C)N2C(=O)C(O)(CC(=O)c3ccc(Cl)cc3)c3cc(F)cc1c32. The van der Waals surface area contributed by atoms with Gasteiger partial charge in [0.05, 0.1) is 12.1 Å². The molecule has 0 bridgehead atoms. The molecular weight excluding hydrogens is 381 g/mol. The van der Waals surface area contributed by atoms with E-state index in [1.807, 2.05) is 20.8 Å². The second-order valence-corrected chi connectivity index (χ2v) is 8.85. The van der Waals surface area contributed by atoms with Crippen molar-refractivity contribution in [2.75, 3.05) is 4.90 Å². The Morgan fingerprint density at radius 2 is 1.93 bits per heavy atom. The molecule has 2 atom stereocenters. The van der Waals surface area contributed by atoms with Gasteiger partial charge in [-0.1, -0.05) is 18.5 Å². The van der Waals surface area contributed by atoms with E-state index < -0.39 is 35.1 Å². The number of carbonyl (C=O) groups excluding carboxylic acids is 2. The van der Waals surface area contributed by atoms with Gasteiger partial charge in [0.25, 0.3) is 5.91 Å². The maximum absolute atomic E-state index is 14.4. The molecule has 4 rings (SSSR count). The number of ketones is 1. The minimum atomic E-state index is -2.09. The molecule has 0 fully saturated rings. The Morgan fingerprint density at radius 1 is 1.29 bits per heavy atom. The summed E-state index contributed by atoms with van der Waals surface area (Å²) in [5.41, 5.74) is -0.896. The first-order chi connectivity index (χ1) is 13.0. The van der Waals surface area contributed by atoms with Gasteiger partial charge in [-0.3, -0.25) is 9.59 Å². The van der Waals surface area contributed by atoms with Crippen LogP contribution in [-0.2, 0) is 10.4 Å². The Morgan fingerprint density at radius 3 is 2.57 bits per heavy atom. The summed E-state index contributed by atoms with van der Waals surface area (Å²) in [4.78, 5) is 27.7. The molecule has 2 aliphatic rings. The summed E-state index contributed by atoms with van der Waals surface area (Å²) < 4.78 is 14.4. The molecule has 2 heterocycles. The second kappa shape index (κ2) is 6.13. The van der Waals surface area contributed by atoms with Crippen LogP contribution in [0.25, 0.3) is 0 Å². The summed E-state index contributed by atoms with van der Waals surface area (Å²) in [6.07, 6.45) is 0.181. The third kappa shape index (κ3) is 2.68. The van der Waals surface area contributed by atoms with E-state index in [1.165, 1.54) is 12.1 Å². The Bertz CT molecular complexity index is 1000. The largest absolute Gasteiger partial charge is 0.375 e. The van der Waals surface area contributed by atoms with Crippen LogP contribution in [-0.4, -0.2) is 22.3 Å². The number of benzene rings is 2. The van der Waals surface area contributed by atoms with Crippen LogP contribution < -0.4 is 4.90 Å². The fourth-order valence-corrected chi connectivity index (χ4v) is 4.76. The predicted molar refractivity (Wildman–Crippen MR) is 105 cm³/mol. The number of amides is 1. The third-order valence-corrected chi connectivity index (χ3v) is 6.11. The van der Waals surface area contributed by atoms with Crippen LogP contribution in [0.2, 0.25) is 5.02 Å². The quantitative estimate of drug-likeness (QED) is 0.766. The first-order valence-electron chi connectivity index (χ1n) is 9.24. The highest BCUT2D eigenvalue weighted by Gasteiger charge is 2.57. The van der Waals surface area contributed by atoms with Crippen LogP contribution in [0.4, 0.5) is 10.1 Å². The molecule has 2 aliphatic heterocycles. The number of hydrogen-bond donors (Lipinski definition) is 1. The molecule has 1 N–H and O–H groups in total. The molecule has 1 amide bonds. The monoisotopic (exact) mass is 401 g/mol. The Labute approximate surface area is 167 Å². The molecular formula is C22H21ClFNO3. The smallest absolute Gasteiger partial charge is 0.264 e. The van der Waals surface area contributed by atoms with E-state index in [0.717, 1.165) is 0 Å². The van der Waals surface area contributed by atoms with Crippen molar-refractivity contribution in [3.8, 4) is 0 Å². The van der Waals surface area contributed by atoms with Gasteiger partial charge < -0.3 is 10.0 Å². The lowest BCUT2D eigenvalue weighted by Gasteiger charge is -2.44. The minimum absolute atomic E-state index is 0.0258. The number of Topliss-reactive ketones (excluding diaryl/α,β-unsaturated/α-hetero) is 1. The number of carbonyl (C=O) groups is 2. The maximum atomic E-state index is 14.4. The van der Waals surface area contributed by atoms with Gasteiger partial charge in [0.15, 0.2) is 11.4 Å². The molecule has 2 aromatic rings. The number of rotatable bonds is 3. The topological polar surface area (TPSA) is 57.6 Å². The van der Waals surface area contributed by atoms with Crippen molar-refractivity contribution in [1.29, 1.82) is 0 Å². The van der Waals surface area contributed by atoms with E-state index in [0.29, 0.717) is 28.3 Å². The highest BCUT2D eigenvalue weighted by molar-refractivity contribution is 6.30. The van der Waals surface area contributed by atoms with Crippen LogP contribution in [0.1, 0.15) is 61.0 Å². The Balaban J connectivity index is 1.83. The molecule has 2 unspecified atom stereocenters. The summed E-state index contributed by atoms with van der Waals surface area (Å²) in [5.74, 6) is -1.48. The van der Waals surface area contributed by atoms with Crippen LogP contribution >= 0.6 is 11.6 Å². The van der Waals surface area contributed by atoms with Gasteiger partial charge >= 0.3 is 0 Å². The van der Waals surface area contributed by atoms with Crippen molar-refractivity contribution < 1.29 is 19.1 Å². The molecule has 0 spiro atoms. The van der Waals surface area contributed by atoms with Gasteiger partial charge in [-0.15, -0.1) is 0 Å². The lowest BCUT2D eigenvalue weighted by molar-refractivity contribution is -0.137. The van der Waals surface area contributed by atoms with Crippen LogP contribution in [0.15, 0.2) is 36.4 Å². The van der Waals surface area contributed by atoms with Gasteiger partial charge in [0.2, 0.25) is 0 Å². The van der Waals surface area contributed by atoms with Gasteiger partial charge in [-0.2, -0.15) is 0 Å². The molecule has 2 aromatic carbocycles. The fraction of sp³-hybridized carbons (Fsp3) is 0.364. The number of hydrogen-bond acceptors (Lipinski definition) is 3. The molecule has 0 aromatic heterocycles.